The molecule has 0 bridgehead atoms. The Morgan fingerprint density at radius 3 is 1.49 bits per heavy atom. The van der Waals surface area contributed by atoms with Crippen LogP contribution >= 0.6 is 44.6 Å². The highest BCUT2D eigenvalue weighted by Crippen LogP contribution is 2.27. The third kappa shape index (κ3) is 17.9. The number of amides is 2. The van der Waals surface area contributed by atoms with Crippen molar-refractivity contribution in [3.05, 3.63) is 208 Å². The molecule has 2 amide bonds. The first-order valence-electron chi connectivity index (χ1n) is 21.4. The first-order valence-corrected chi connectivity index (χ1v) is 25.1. The summed E-state index contributed by atoms with van der Waals surface area (Å²) in [5, 5.41) is 20.0. The van der Waals surface area contributed by atoms with Gasteiger partial charge in [0.05, 0.1) is 13.1 Å². The Bertz CT molecular complexity index is 2700. The van der Waals surface area contributed by atoms with Gasteiger partial charge in [-0.2, -0.15) is 17.7 Å². The van der Waals surface area contributed by atoms with Crippen molar-refractivity contribution in [2.24, 2.45) is 11.5 Å². The molecular weight excluding hydrogens is 930 g/mol. The van der Waals surface area contributed by atoms with Crippen LogP contribution in [0.15, 0.2) is 175 Å². The van der Waals surface area contributed by atoms with Gasteiger partial charge in [-0.3, -0.25) is 23.8 Å². The summed E-state index contributed by atoms with van der Waals surface area (Å²) in [7, 11) is 2.56. The zero-order chi connectivity index (χ0) is 48.2. The van der Waals surface area contributed by atoms with E-state index in [1.807, 2.05) is 114 Å². The summed E-state index contributed by atoms with van der Waals surface area (Å²) in [5.74, 6) is 2.49. The SMILES string of the molecule is CCNCCS.CCc1ccccc1.NC(=O)c1ccc(Cn2c(-c3ccccc3)n[nH]c2=S)cc1.NC(=O)c1ccc(Cn2c(SCc3ccccc3)nnc2-c2ccccc2)cc1.P=S. The Kier molecular flexibility index (Phi) is 24.2. The monoisotopic (exact) mass is 985 g/mol. The molecule has 0 atom stereocenters. The van der Waals surface area contributed by atoms with Crippen molar-refractivity contribution in [3.63, 3.8) is 0 Å². The van der Waals surface area contributed by atoms with E-state index in [1.165, 1.54) is 11.1 Å². The molecule has 0 aliphatic heterocycles. The van der Waals surface area contributed by atoms with E-state index in [0.29, 0.717) is 29.0 Å². The van der Waals surface area contributed by atoms with Crippen LogP contribution in [0.3, 0.4) is 0 Å². The lowest BCUT2D eigenvalue weighted by molar-refractivity contribution is 0.0992. The number of hydrogen-bond acceptors (Lipinski definition) is 10. The Hall–Kier alpha value is -6.06. The molecule has 0 unspecified atom stereocenters. The molecule has 0 radical (unpaired) electrons. The van der Waals surface area contributed by atoms with E-state index in [-0.39, 0.29) is 0 Å². The van der Waals surface area contributed by atoms with Crippen LogP contribution in [0.4, 0.5) is 0 Å². The smallest absolute Gasteiger partial charge is 0.248 e. The van der Waals surface area contributed by atoms with E-state index >= 15 is 0 Å². The molecule has 6 aromatic carbocycles. The lowest BCUT2D eigenvalue weighted by Gasteiger charge is -2.11. The van der Waals surface area contributed by atoms with Crippen LogP contribution < -0.4 is 16.8 Å². The van der Waals surface area contributed by atoms with Crippen LogP contribution in [0, 0.1) is 4.77 Å². The van der Waals surface area contributed by atoms with Crippen molar-refractivity contribution in [1.82, 2.24) is 34.8 Å². The number of nitrogens with zero attached hydrogens (tertiary/aromatic N) is 5. The lowest BCUT2D eigenvalue weighted by Crippen LogP contribution is -2.14. The number of primary amides is 2. The summed E-state index contributed by atoms with van der Waals surface area (Å²) in [6.45, 7) is 7.50. The summed E-state index contributed by atoms with van der Waals surface area (Å²) >= 11 is 14.8. The predicted molar refractivity (Wildman–Crippen MR) is 286 cm³/mol. The number of thioether (sulfide) groups is 1. The quantitative estimate of drug-likeness (QED) is 0.0221. The third-order valence-corrected chi connectivity index (χ3v) is 11.3. The third-order valence-electron chi connectivity index (χ3n) is 9.70. The molecule has 2 heterocycles. The summed E-state index contributed by atoms with van der Waals surface area (Å²) in [6, 6.07) is 55.1. The van der Waals surface area contributed by atoms with Crippen LogP contribution in [0.2, 0.25) is 0 Å². The number of nitrogens with two attached hydrogens (primary N) is 2. The first kappa shape index (κ1) is 53.6. The maximum absolute atomic E-state index is 11.3. The zero-order valence-corrected chi connectivity index (χ0v) is 41.8. The number of aromatic amines is 1. The largest absolute Gasteiger partial charge is 0.366 e. The number of carbonyl (C=O) groups is 2. The van der Waals surface area contributed by atoms with E-state index < -0.39 is 11.8 Å². The first-order chi connectivity index (χ1) is 32.7. The molecule has 0 saturated carbocycles. The molecule has 6 N–H and O–H groups in total. The fourth-order valence-corrected chi connectivity index (χ4v) is 7.46. The van der Waals surface area contributed by atoms with Gasteiger partial charge in [0.1, 0.15) is 0 Å². The number of nitrogens with one attached hydrogen (secondary N) is 2. The summed E-state index contributed by atoms with van der Waals surface area (Å²) in [4.78, 5) is 22.4. The number of rotatable bonds is 15. The second kappa shape index (κ2) is 30.3. The molecule has 0 aliphatic carbocycles. The van der Waals surface area contributed by atoms with Gasteiger partial charge in [0.15, 0.2) is 21.6 Å². The molecule has 0 saturated heterocycles. The van der Waals surface area contributed by atoms with Crippen molar-refractivity contribution in [2.45, 2.75) is 44.3 Å². The minimum absolute atomic E-state index is 0.426. The van der Waals surface area contributed by atoms with Gasteiger partial charge >= 0.3 is 0 Å². The van der Waals surface area contributed by atoms with Gasteiger partial charge in [-0.15, -0.1) is 10.2 Å². The highest BCUT2D eigenvalue weighted by atomic mass is 32.4. The molecule has 8 rings (SSSR count). The molecule has 67 heavy (non-hydrogen) atoms. The number of carbonyl (C=O) groups excluding carboxylic acids is 2. The van der Waals surface area contributed by atoms with E-state index in [9.17, 15) is 9.59 Å². The molecule has 0 fully saturated rings. The van der Waals surface area contributed by atoms with Crippen molar-refractivity contribution >= 4 is 68.2 Å². The Labute approximate surface area is 415 Å². The van der Waals surface area contributed by atoms with Crippen LogP contribution in [0.25, 0.3) is 22.8 Å². The summed E-state index contributed by atoms with van der Waals surface area (Å²) in [6.07, 6.45) is 1.14. The average Bonchev–Trinajstić information content (AvgIpc) is 3.96. The number of H-pyrrole nitrogens is 1. The number of aryl methyl sites for hydroxylation is 1. The number of thiol groups is 1. The zero-order valence-electron chi connectivity index (χ0n) is 37.5. The summed E-state index contributed by atoms with van der Waals surface area (Å²) in [5.41, 5.74) is 18.3. The normalized spacial score (nSPS) is 10.1. The van der Waals surface area contributed by atoms with Crippen molar-refractivity contribution in [1.29, 1.82) is 0 Å². The van der Waals surface area contributed by atoms with Gasteiger partial charge < -0.3 is 16.8 Å². The fourth-order valence-electron chi connectivity index (χ4n) is 6.22. The standard InChI is InChI=1S/C23H20N4OS.C16H14N4OS.C8H10.C4H11NS.HPS/c24-21(28)19-13-11-17(12-14-19)15-27-22(20-9-5-2-6-10-20)25-26-23(27)29-16-18-7-3-1-4-8-18;17-14(21)12-8-6-11(7-9-12)10-20-15(18-19-16(20)22)13-4-2-1-3-5-13;1-2-8-6-4-3-5-7-8;1-2-5-3-4-6;1-2/h1-14H,15-16H2,(H2,24,28);1-9H,10H2,(H2,17,21)(H,19,22);3-7H,2H2,1H3;5-6H,2-4H2,1H3;1H. The van der Waals surface area contributed by atoms with Crippen LogP contribution in [-0.2, 0) is 37.1 Å². The summed E-state index contributed by atoms with van der Waals surface area (Å²) < 4.78 is 4.59. The van der Waals surface area contributed by atoms with Gasteiger partial charge in [0, 0.05) is 40.3 Å². The van der Waals surface area contributed by atoms with E-state index in [2.05, 4.69) is 113 Å². The molecule has 16 heteroatoms. The van der Waals surface area contributed by atoms with Crippen LogP contribution in [0.5, 0.6) is 0 Å². The average molecular weight is 986 g/mol. The molecule has 2 aromatic heterocycles. The van der Waals surface area contributed by atoms with Crippen LogP contribution in [0.1, 0.15) is 56.8 Å². The molecular formula is C51H56N9O2PS4. The number of hydrogen-bond donors (Lipinski definition) is 5. The van der Waals surface area contributed by atoms with Crippen molar-refractivity contribution in [2.75, 3.05) is 18.8 Å². The van der Waals surface area contributed by atoms with Gasteiger partial charge in [-0.1, -0.05) is 183 Å². The molecule has 0 aliphatic rings. The Morgan fingerprint density at radius 1 is 0.627 bits per heavy atom. The number of aromatic nitrogens is 6. The van der Waals surface area contributed by atoms with Crippen LogP contribution in [-0.4, -0.2) is 60.2 Å². The molecule has 11 nitrogen and oxygen atoms in total. The highest BCUT2D eigenvalue weighted by Gasteiger charge is 2.15. The van der Waals surface area contributed by atoms with E-state index in [4.69, 9.17) is 23.7 Å². The molecule has 346 valence electrons. The minimum atomic E-state index is -0.434. The Balaban J connectivity index is 0.000000225. The van der Waals surface area contributed by atoms with Gasteiger partial charge in [0.25, 0.3) is 0 Å². The molecule has 8 aromatic rings. The Morgan fingerprint density at radius 2 is 1.07 bits per heavy atom. The van der Waals surface area contributed by atoms with Gasteiger partial charge in [0.2, 0.25) is 11.8 Å². The maximum atomic E-state index is 11.3. The second-order valence-electron chi connectivity index (χ2n) is 14.4. The van der Waals surface area contributed by atoms with Gasteiger partial charge in [-0.25, -0.2) is 0 Å². The topological polar surface area (TPSA) is 163 Å². The number of benzene rings is 6. The van der Waals surface area contributed by atoms with Crippen molar-refractivity contribution < 1.29 is 9.59 Å². The molecule has 0 spiro atoms. The minimum Gasteiger partial charge on any atom is -0.366 e. The fraction of sp³-hybridized carbons (Fsp3) is 0.176. The second-order valence-corrected chi connectivity index (χ2v) is 16.2. The lowest BCUT2D eigenvalue weighted by atomic mass is 10.1. The predicted octanol–water partition coefficient (Wildman–Crippen LogP) is 10.5. The van der Waals surface area contributed by atoms with Gasteiger partial charge in [-0.05, 0) is 79.7 Å². The van der Waals surface area contributed by atoms with E-state index in [1.54, 1.807) is 36.0 Å². The van der Waals surface area contributed by atoms with E-state index in [0.717, 1.165) is 70.1 Å². The maximum Gasteiger partial charge on any atom is 0.248 e. The highest BCUT2D eigenvalue weighted by molar-refractivity contribution is 7.98. The van der Waals surface area contributed by atoms with Crippen molar-refractivity contribution in [3.8, 4) is 22.8 Å².